The number of benzene rings is 2. The van der Waals surface area contributed by atoms with E-state index in [-0.39, 0.29) is 17.6 Å². The maximum atomic E-state index is 13.2. The Morgan fingerprint density at radius 1 is 1.14 bits per heavy atom. The highest BCUT2D eigenvalue weighted by molar-refractivity contribution is 5.94. The minimum absolute atomic E-state index is 0.0819. The molecule has 0 unspecified atom stereocenters. The quantitative estimate of drug-likeness (QED) is 0.665. The van der Waals surface area contributed by atoms with Crippen molar-refractivity contribution in [1.29, 1.82) is 0 Å². The lowest BCUT2D eigenvalue weighted by Crippen LogP contribution is -2.39. The first-order valence-electron chi connectivity index (χ1n) is 9.66. The number of methoxy groups -OCH3 is 1. The minimum Gasteiger partial charge on any atom is -0.497 e. The Morgan fingerprint density at radius 3 is 2.72 bits per heavy atom. The molecule has 1 amide bonds. The van der Waals surface area contributed by atoms with Gasteiger partial charge in [-0.2, -0.15) is 0 Å². The lowest BCUT2D eigenvalue weighted by Gasteiger charge is -2.33. The van der Waals surface area contributed by atoms with E-state index in [1.165, 1.54) is 24.3 Å². The van der Waals surface area contributed by atoms with Crippen LogP contribution in [0, 0.1) is 5.82 Å². The van der Waals surface area contributed by atoms with Crippen molar-refractivity contribution in [2.45, 2.75) is 18.8 Å². The zero-order valence-electron chi connectivity index (χ0n) is 16.2. The Hall–Kier alpha value is -3.28. The Bertz CT molecular complexity index is 1010. The molecule has 0 saturated carbocycles. The van der Waals surface area contributed by atoms with Crippen LogP contribution in [0.2, 0.25) is 0 Å². The molecule has 0 N–H and O–H groups in total. The molecule has 29 heavy (non-hydrogen) atoms. The summed E-state index contributed by atoms with van der Waals surface area (Å²) in [5.41, 5.74) is 3.14. The van der Waals surface area contributed by atoms with Crippen LogP contribution in [0.3, 0.4) is 0 Å². The predicted octanol–water partition coefficient (Wildman–Crippen LogP) is 4.31. The molecule has 0 radical (unpaired) electrons. The Labute approximate surface area is 169 Å². The molecule has 1 fully saturated rings. The lowest BCUT2D eigenvalue weighted by atomic mass is 9.91. The van der Waals surface area contributed by atoms with Crippen molar-refractivity contribution < 1.29 is 13.9 Å². The van der Waals surface area contributed by atoms with Crippen LogP contribution in [0.1, 0.15) is 34.8 Å². The van der Waals surface area contributed by atoms with Crippen molar-refractivity contribution in [3.05, 3.63) is 78.0 Å². The number of aromatic nitrogens is 2. The summed E-state index contributed by atoms with van der Waals surface area (Å²) in [6.45, 7) is 1.24. The Morgan fingerprint density at radius 2 is 1.93 bits per heavy atom. The number of carbonyl (C=O) groups excluding carboxylic acids is 1. The first kappa shape index (κ1) is 19.1. The monoisotopic (exact) mass is 391 g/mol. The van der Waals surface area contributed by atoms with Crippen LogP contribution in [0.15, 0.2) is 60.9 Å². The third-order valence-corrected chi connectivity index (χ3v) is 5.26. The second-order valence-electron chi connectivity index (χ2n) is 7.12. The van der Waals surface area contributed by atoms with E-state index in [9.17, 15) is 9.18 Å². The molecular weight excluding hydrogens is 369 g/mol. The largest absolute Gasteiger partial charge is 0.497 e. The molecule has 0 aliphatic carbocycles. The summed E-state index contributed by atoms with van der Waals surface area (Å²) < 4.78 is 18.5. The maximum Gasteiger partial charge on any atom is 0.253 e. The molecule has 1 aromatic heterocycles. The first-order chi connectivity index (χ1) is 14.2. The van der Waals surface area contributed by atoms with Crippen molar-refractivity contribution in [2.75, 3.05) is 20.2 Å². The molecule has 148 valence electrons. The van der Waals surface area contributed by atoms with Crippen LogP contribution in [-0.4, -0.2) is 41.0 Å². The normalized spacial score (nSPS) is 16.5. The predicted molar refractivity (Wildman–Crippen MR) is 108 cm³/mol. The van der Waals surface area contributed by atoms with E-state index in [2.05, 4.69) is 9.97 Å². The van der Waals surface area contributed by atoms with Gasteiger partial charge in [0.15, 0.2) is 0 Å². The second-order valence-corrected chi connectivity index (χ2v) is 7.12. The summed E-state index contributed by atoms with van der Waals surface area (Å²) >= 11 is 0. The molecule has 5 nitrogen and oxygen atoms in total. The minimum atomic E-state index is -0.347. The molecule has 3 aromatic rings. The number of nitrogens with zero attached hydrogens (tertiary/aromatic N) is 3. The fourth-order valence-corrected chi connectivity index (χ4v) is 3.80. The van der Waals surface area contributed by atoms with Gasteiger partial charge in [0.2, 0.25) is 0 Å². The van der Waals surface area contributed by atoms with Gasteiger partial charge in [-0.25, -0.2) is 4.39 Å². The summed E-state index contributed by atoms with van der Waals surface area (Å²) in [5, 5.41) is 0. The van der Waals surface area contributed by atoms with Crippen LogP contribution in [0.4, 0.5) is 4.39 Å². The van der Waals surface area contributed by atoms with Crippen molar-refractivity contribution in [1.82, 2.24) is 14.9 Å². The summed E-state index contributed by atoms with van der Waals surface area (Å²) in [5.74, 6) is 0.418. The van der Waals surface area contributed by atoms with Crippen molar-refractivity contribution in [3.63, 3.8) is 0 Å². The lowest BCUT2D eigenvalue weighted by molar-refractivity contribution is 0.0706. The molecule has 1 atom stereocenters. The number of hydrogen-bond donors (Lipinski definition) is 0. The topological polar surface area (TPSA) is 55.3 Å². The van der Waals surface area contributed by atoms with Crippen LogP contribution < -0.4 is 4.74 Å². The van der Waals surface area contributed by atoms with Gasteiger partial charge in [0.05, 0.1) is 18.5 Å². The highest BCUT2D eigenvalue weighted by Gasteiger charge is 2.28. The molecule has 1 aliphatic heterocycles. The van der Waals surface area contributed by atoms with Gasteiger partial charge in [-0.15, -0.1) is 0 Å². The summed E-state index contributed by atoms with van der Waals surface area (Å²) in [4.78, 5) is 23.9. The van der Waals surface area contributed by atoms with Crippen LogP contribution in [0.25, 0.3) is 11.3 Å². The molecule has 2 heterocycles. The number of piperidine rings is 1. The standard InChI is InChI=1S/C23H22FN3O2/c1-29-20-6-2-4-17(14-20)21-22(26-12-11-25-21)18-5-3-13-27(15-18)23(28)16-7-9-19(24)10-8-16/h2,4,6-12,14,18H,3,5,13,15H2,1H3/t18-/m1/s1. The summed E-state index contributed by atoms with van der Waals surface area (Å²) in [6.07, 6.45) is 5.19. The number of halogens is 1. The van der Waals surface area contributed by atoms with Gasteiger partial charge in [-0.1, -0.05) is 12.1 Å². The molecule has 0 bridgehead atoms. The van der Waals surface area contributed by atoms with Gasteiger partial charge in [-0.3, -0.25) is 14.8 Å². The van der Waals surface area contributed by atoms with Crippen LogP contribution in [-0.2, 0) is 0 Å². The summed E-state index contributed by atoms with van der Waals surface area (Å²) in [6, 6.07) is 13.5. The number of likely N-dealkylation sites (tertiary alicyclic amines) is 1. The zero-order valence-corrected chi connectivity index (χ0v) is 16.2. The molecular formula is C23H22FN3O2. The van der Waals surface area contributed by atoms with E-state index in [0.717, 1.165) is 35.5 Å². The Kier molecular flexibility index (Phi) is 5.51. The van der Waals surface area contributed by atoms with E-state index in [1.54, 1.807) is 19.5 Å². The first-order valence-corrected chi connectivity index (χ1v) is 9.66. The Balaban J connectivity index is 1.60. The fraction of sp³-hybridized carbons (Fsp3) is 0.261. The van der Waals surface area contributed by atoms with Gasteiger partial charge >= 0.3 is 0 Å². The number of carbonyl (C=O) groups is 1. The maximum absolute atomic E-state index is 13.2. The van der Waals surface area contributed by atoms with Crippen LogP contribution in [0.5, 0.6) is 5.75 Å². The van der Waals surface area contributed by atoms with E-state index in [4.69, 9.17) is 4.74 Å². The average molecular weight is 391 g/mol. The molecule has 2 aromatic carbocycles. The SMILES string of the molecule is COc1cccc(-c2nccnc2[C@@H]2CCCN(C(=O)c3ccc(F)cc3)C2)c1. The van der Waals surface area contributed by atoms with E-state index >= 15 is 0 Å². The van der Waals surface area contributed by atoms with Gasteiger partial charge < -0.3 is 9.64 Å². The third-order valence-electron chi connectivity index (χ3n) is 5.26. The molecule has 1 aliphatic rings. The van der Waals surface area contributed by atoms with E-state index in [1.807, 2.05) is 29.2 Å². The number of rotatable bonds is 4. The van der Waals surface area contributed by atoms with Gasteiger partial charge in [-0.05, 0) is 49.2 Å². The number of hydrogen-bond acceptors (Lipinski definition) is 4. The fourth-order valence-electron chi connectivity index (χ4n) is 3.80. The van der Waals surface area contributed by atoms with Crippen LogP contribution >= 0.6 is 0 Å². The molecule has 6 heteroatoms. The highest BCUT2D eigenvalue weighted by Crippen LogP contribution is 2.33. The number of amides is 1. The van der Waals surface area contributed by atoms with Gasteiger partial charge in [0.1, 0.15) is 11.6 Å². The molecule has 1 saturated heterocycles. The van der Waals surface area contributed by atoms with Crippen molar-refractivity contribution in [2.24, 2.45) is 0 Å². The molecule has 4 rings (SSSR count). The smallest absolute Gasteiger partial charge is 0.253 e. The second kappa shape index (κ2) is 8.39. The third kappa shape index (κ3) is 4.11. The van der Waals surface area contributed by atoms with E-state index in [0.29, 0.717) is 18.7 Å². The van der Waals surface area contributed by atoms with E-state index < -0.39 is 0 Å². The van der Waals surface area contributed by atoms with Crippen molar-refractivity contribution in [3.8, 4) is 17.0 Å². The summed E-state index contributed by atoms with van der Waals surface area (Å²) in [7, 11) is 1.64. The van der Waals surface area contributed by atoms with Gasteiger partial charge in [0.25, 0.3) is 5.91 Å². The number of ether oxygens (including phenoxy) is 1. The molecule has 0 spiro atoms. The zero-order chi connectivity index (χ0) is 20.2. The highest BCUT2D eigenvalue weighted by atomic mass is 19.1. The average Bonchev–Trinajstić information content (AvgIpc) is 2.79. The van der Waals surface area contributed by atoms with Gasteiger partial charge in [0, 0.05) is 42.5 Å². The van der Waals surface area contributed by atoms with Crippen molar-refractivity contribution >= 4 is 5.91 Å².